The van der Waals surface area contributed by atoms with Crippen LogP contribution in [-0.4, -0.2) is 35.5 Å². The highest BCUT2D eigenvalue weighted by atomic mass is 19.2. The average molecular weight is 377 g/mol. The standard InChI is InChI=1S/C20H21F2NO4/c1-13-3-6-18(27-2)15(9-13)11-19(24)23(8-7-20(25)26)12-14-4-5-16(21)17(22)10-14/h3-6,9-10H,7-8,11-12H2,1-2H3,(H,25,26). The highest BCUT2D eigenvalue weighted by molar-refractivity contribution is 5.80. The summed E-state index contributed by atoms with van der Waals surface area (Å²) in [5.41, 5.74) is 2.01. The first-order chi connectivity index (χ1) is 12.8. The second-order valence-corrected chi connectivity index (χ2v) is 6.20. The average Bonchev–Trinajstić information content (AvgIpc) is 2.61. The molecule has 2 aromatic carbocycles. The van der Waals surface area contributed by atoms with Crippen LogP contribution in [0.4, 0.5) is 8.78 Å². The number of aliphatic carboxylic acids is 1. The molecule has 1 N–H and O–H groups in total. The molecule has 7 heteroatoms. The number of carboxylic acids is 1. The van der Waals surface area contributed by atoms with E-state index in [-0.39, 0.29) is 31.8 Å². The van der Waals surface area contributed by atoms with Gasteiger partial charge in [0.15, 0.2) is 11.6 Å². The van der Waals surface area contributed by atoms with E-state index in [2.05, 4.69) is 0 Å². The molecule has 0 saturated carbocycles. The summed E-state index contributed by atoms with van der Waals surface area (Å²) < 4.78 is 31.8. The molecule has 5 nitrogen and oxygen atoms in total. The Labute approximate surface area is 156 Å². The number of hydrogen-bond acceptors (Lipinski definition) is 3. The summed E-state index contributed by atoms with van der Waals surface area (Å²) in [5, 5.41) is 8.93. The largest absolute Gasteiger partial charge is 0.496 e. The molecule has 144 valence electrons. The second-order valence-electron chi connectivity index (χ2n) is 6.20. The van der Waals surface area contributed by atoms with E-state index in [1.165, 1.54) is 18.1 Å². The van der Waals surface area contributed by atoms with Gasteiger partial charge in [0.25, 0.3) is 0 Å². The molecule has 0 heterocycles. The van der Waals surface area contributed by atoms with Crippen LogP contribution < -0.4 is 4.74 Å². The Balaban J connectivity index is 2.21. The first-order valence-electron chi connectivity index (χ1n) is 8.37. The summed E-state index contributed by atoms with van der Waals surface area (Å²) in [6, 6.07) is 8.79. The maximum absolute atomic E-state index is 13.4. The van der Waals surface area contributed by atoms with Gasteiger partial charge in [0.05, 0.1) is 20.0 Å². The van der Waals surface area contributed by atoms with Gasteiger partial charge in [-0.05, 0) is 30.7 Å². The van der Waals surface area contributed by atoms with E-state index >= 15 is 0 Å². The number of carbonyl (C=O) groups excluding carboxylic acids is 1. The van der Waals surface area contributed by atoms with Gasteiger partial charge < -0.3 is 14.7 Å². The summed E-state index contributed by atoms with van der Waals surface area (Å²) >= 11 is 0. The van der Waals surface area contributed by atoms with Gasteiger partial charge in [-0.3, -0.25) is 9.59 Å². The molecule has 0 aliphatic carbocycles. The zero-order chi connectivity index (χ0) is 20.0. The van der Waals surface area contributed by atoms with Crippen LogP contribution in [-0.2, 0) is 22.6 Å². The van der Waals surface area contributed by atoms with Gasteiger partial charge in [0.2, 0.25) is 5.91 Å². The molecule has 0 spiro atoms. The smallest absolute Gasteiger partial charge is 0.305 e. The van der Waals surface area contributed by atoms with Crippen LogP contribution >= 0.6 is 0 Å². The number of halogens is 2. The summed E-state index contributed by atoms with van der Waals surface area (Å²) in [7, 11) is 1.50. The first kappa shape index (κ1) is 20.4. The number of nitrogens with zero attached hydrogens (tertiary/aromatic N) is 1. The molecule has 1 amide bonds. The summed E-state index contributed by atoms with van der Waals surface area (Å²) in [5.74, 6) is -2.82. The quantitative estimate of drug-likeness (QED) is 0.766. The minimum Gasteiger partial charge on any atom is -0.496 e. The van der Waals surface area contributed by atoms with Crippen LogP contribution in [0.3, 0.4) is 0 Å². The number of carbonyl (C=O) groups is 2. The maximum Gasteiger partial charge on any atom is 0.305 e. The number of carboxylic acid groups (broad SMARTS) is 1. The lowest BCUT2D eigenvalue weighted by molar-refractivity contribution is -0.138. The molecular weight excluding hydrogens is 356 g/mol. The van der Waals surface area contributed by atoms with Crippen molar-refractivity contribution >= 4 is 11.9 Å². The Bertz CT molecular complexity index is 839. The van der Waals surface area contributed by atoms with Crippen molar-refractivity contribution in [2.24, 2.45) is 0 Å². The normalized spacial score (nSPS) is 10.5. The van der Waals surface area contributed by atoms with Crippen molar-refractivity contribution < 1.29 is 28.2 Å². The zero-order valence-corrected chi connectivity index (χ0v) is 15.2. The molecule has 0 bridgehead atoms. The summed E-state index contributed by atoms with van der Waals surface area (Å²) in [6.45, 7) is 1.83. The Hall–Kier alpha value is -2.96. The van der Waals surface area contributed by atoms with Crippen molar-refractivity contribution in [1.29, 1.82) is 0 Å². The first-order valence-corrected chi connectivity index (χ1v) is 8.37. The predicted molar refractivity (Wildman–Crippen MR) is 95.5 cm³/mol. The van der Waals surface area contributed by atoms with Crippen LogP contribution in [0.1, 0.15) is 23.1 Å². The fraction of sp³-hybridized carbons (Fsp3) is 0.300. The number of ether oxygens (including phenoxy) is 1. The number of methoxy groups -OCH3 is 1. The lowest BCUT2D eigenvalue weighted by atomic mass is 10.1. The fourth-order valence-corrected chi connectivity index (χ4v) is 2.70. The Morgan fingerprint density at radius 1 is 1.11 bits per heavy atom. The van der Waals surface area contributed by atoms with Crippen LogP contribution in [0, 0.1) is 18.6 Å². The lowest BCUT2D eigenvalue weighted by Gasteiger charge is -2.23. The third-order valence-electron chi connectivity index (χ3n) is 4.08. The topological polar surface area (TPSA) is 66.8 Å². The van der Waals surface area contributed by atoms with E-state index in [4.69, 9.17) is 9.84 Å². The van der Waals surface area contributed by atoms with E-state index in [0.717, 1.165) is 17.7 Å². The highest BCUT2D eigenvalue weighted by Crippen LogP contribution is 2.21. The predicted octanol–water partition coefficient (Wildman–Crippen LogP) is 3.33. The fourth-order valence-electron chi connectivity index (χ4n) is 2.70. The molecule has 0 atom stereocenters. The number of hydrogen-bond donors (Lipinski definition) is 1. The summed E-state index contributed by atoms with van der Waals surface area (Å²) in [6.07, 6.45) is -0.242. The van der Waals surface area contributed by atoms with Crippen molar-refractivity contribution in [3.8, 4) is 5.75 Å². The van der Waals surface area contributed by atoms with Crippen molar-refractivity contribution in [2.75, 3.05) is 13.7 Å². The molecule has 0 unspecified atom stereocenters. The van der Waals surface area contributed by atoms with E-state index in [9.17, 15) is 18.4 Å². The maximum atomic E-state index is 13.4. The van der Waals surface area contributed by atoms with Crippen molar-refractivity contribution in [1.82, 2.24) is 4.90 Å². The van der Waals surface area contributed by atoms with Gasteiger partial charge in [0.1, 0.15) is 5.75 Å². The molecule has 2 rings (SSSR count). The number of aryl methyl sites for hydroxylation is 1. The SMILES string of the molecule is COc1ccc(C)cc1CC(=O)N(CCC(=O)O)Cc1ccc(F)c(F)c1. The molecule has 0 saturated heterocycles. The van der Waals surface area contributed by atoms with Crippen LogP contribution in [0.5, 0.6) is 5.75 Å². The van der Waals surface area contributed by atoms with E-state index in [1.807, 2.05) is 19.1 Å². The summed E-state index contributed by atoms with van der Waals surface area (Å²) in [4.78, 5) is 25.0. The van der Waals surface area contributed by atoms with Gasteiger partial charge in [-0.25, -0.2) is 8.78 Å². The molecule has 0 aliphatic rings. The number of rotatable bonds is 8. The molecule has 0 fully saturated rings. The van der Waals surface area contributed by atoms with Crippen LogP contribution in [0.25, 0.3) is 0 Å². The van der Waals surface area contributed by atoms with E-state index < -0.39 is 17.6 Å². The minimum absolute atomic E-state index is 0.00808. The zero-order valence-electron chi connectivity index (χ0n) is 15.2. The number of amides is 1. The van der Waals surface area contributed by atoms with Crippen molar-refractivity contribution in [3.63, 3.8) is 0 Å². The lowest BCUT2D eigenvalue weighted by Crippen LogP contribution is -2.34. The molecule has 0 aliphatic heterocycles. The Morgan fingerprint density at radius 3 is 2.48 bits per heavy atom. The van der Waals surface area contributed by atoms with Gasteiger partial charge in [-0.2, -0.15) is 0 Å². The molecule has 0 radical (unpaired) electrons. The highest BCUT2D eigenvalue weighted by Gasteiger charge is 2.18. The molecule has 27 heavy (non-hydrogen) atoms. The third-order valence-corrected chi connectivity index (χ3v) is 4.08. The molecule has 2 aromatic rings. The van der Waals surface area contributed by atoms with Crippen molar-refractivity contribution in [2.45, 2.75) is 26.3 Å². The molecular formula is C20H21F2NO4. The minimum atomic E-state index is -1.05. The Morgan fingerprint density at radius 2 is 1.85 bits per heavy atom. The van der Waals surface area contributed by atoms with Gasteiger partial charge in [-0.15, -0.1) is 0 Å². The third kappa shape index (κ3) is 5.77. The van der Waals surface area contributed by atoms with Crippen LogP contribution in [0.15, 0.2) is 36.4 Å². The monoisotopic (exact) mass is 377 g/mol. The van der Waals surface area contributed by atoms with Crippen LogP contribution in [0.2, 0.25) is 0 Å². The number of benzene rings is 2. The van der Waals surface area contributed by atoms with Crippen molar-refractivity contribution in [3.05, 3.63) is 64.7 Å². The second kappa shape index (κ2) is 9.12. The molecule has 0 aromatic heterocycles. The van der Waals surface area contributed by atoms with Gasteiger partial charge in [-0.1, -0.05) is 23.8 Å². The van der Waals surface area contributed by atoms with E-state index in [0.29, 0.717) is 16.9 Å². The Kier molecular flexibility index (Phi) is 6.87. The van der Waals surface area contributed by atoms with Gasteiger partial charge in [0, 0.05) is 18.7 Å². The van der Waals surface area contributed by atoms with E-state index in [1.54, 1.807) is 6.07 Å². The van der Waals surface area contributed by atoms with Gasteiger partial charge >= 0.3 is 5.97 Å².